The SMILES string of the molecule is O=[N+]([O-])c1ccccc1C1=CC=C(Cl)C=CC1. The zero-order valence-corrected chi connectivity index (χ0v) is 9.72. The van der Waals surface area contributed by atoms with E-state index >= 15 is 0 Å². The molecule has 0 spiro atoms. The summed E-state index contributed by atoms with van der Waals surface area (Å²) in [5.74, 6) is 0. The van der Waals surface area contributed by atoms with Gasteiger partial charge in [0, 0.05) is 11.1 Å². The Bertz CT molecular complexity index is 544. The van der Waals surface area contributed by atoms with E-state index in [0.29, 0.717) is 17.0 Å². The summed E-state index contributed by atoms with van der Waals surface area (Å²) in [7, 11) is 0. The van der Waals surface area contributed by atoms with Crippen molar-refractivity contribution in [1.82, 2.24) is 0 Å². The second-order valence-corrected chi connectivity index (χ2v) is 4.06. The molecule has 0 amide bonds. The lowest BCUT2D eigenvalue weighted by atomic mass is 10.0. The number of benzene rings is 1. The fraction of sp³-hybridized carbons (Fsp3) is 0.0769. The molecule has 0 saturated heterocycles. The topological polar surface area (TPSA) is 43.1 Å². The number of nitro groups is 1. The summed E-state index contributed by atoms with van der Waals surface area (Å²) in [6.07, 6.45) is 7.90. The van der Waals surface area contributed by atoms with Crippen LogP contribution in [0.5, 0.6) is 0 Å². The molecule has 0 bridgehead atoms. The van der Waals surface area contributed by atoms with Crippen molar-refractivity contribution in [3.63, 3.8) is 0 Å². The number of halogens is 1. The smallest absolute Gasteiger partial charge is 0.258 e. The third kappa shape index (κ3) is 2.63. The van der Waals surface area contributed by atoms with E-state index in [0.717, 1.165) is 5.57 Å². The summed E-state index contributed by atoms with van der Waals surface area (Å²) in [6, 6.07) is 6.72. The highest BCUT2D eigenvalue weighted by molar-refractivity contribution is 6.31. The van der Waals surface area contributed by atoms with E-state index in [9.17, 15) is 10.1 Å². The van der Waals surface area contributed by atoms with Gasteiger partial charge in [-0.15, -0.1) is 0 Å². The maximum Gasteiger partial charge on any atom is 0.276 e. The molecular weight excluding hydrogens is 238 g/mol. The summed E-state index contributed by atoms with van der Waals surface area (Å²) in [4.78, 5) is 10.6. The maximum absolute atomic E-state index is 10.9. The zero-order chi connectivity index (χ0) is 12.3. The lowest BCUT2D eigenvalue weighted by Crippen LogP contribution is -1.94. The van der Waals surface area contributed by atoms with Crippen LogP contribution < -0.4 is 0 Å². The third-order valence-electron chi connectivity index (χ3n) is 2.51. The molecule has 0 saturated carbocycles. The number of para-hydroxylation sites is 1. The van der Waals surface area contributed by atoms with Gasteiger partial charge in [-0.3, -0.25) is 10.1 Å². The summed E-state index contributed by atoms with van der Waals surface area (Å²) >= 11 is 5.87. The molecule has 4 heteroatoms. The van der Waals surface area contributed by atoms with Gasteiger partial charge in [0.15, 0.2) is 0 Å². The van der Waals surface area contributed by atoms with E-state index in [1.807, 2.05) is 12.2 Å². The van der Waals surface area contributed by atoms with Crippen LogP contribution in [0.3, 0.4) is 0 Å². The molecule has 0 radical (unpaired) electrons. The second kappa shape index (κ2) is 4.97. The van der Waals surface area contributed by atoms with Gasteiger partial charge in [-0.1, -0.05) is 35.9 Å². The Kier molecular flexibility index (Phi) is 3.40. The number of hydrogen-bond donors (Lipinski definition) is 0. The summed E-state index contributed by atoms with van der Waals surface area (Å²) in [6.45, 7) is 0. The Morgan fingerprint density at radius 3 is 2.76 bits per heavy atom. The van der Waals surface area contributed by atoms with E-state index < -0.39 is 0 Å². The maximum atomic E-state index is 10.9. The van der Waals surface area contributed by atoms with Crippen LogP contribution in [-0.2, 0) is 0 Å². The van der Waals surface area contributed by atoms with Gasteiger partial charge in [0.05, 0.1) is 10.5 Å². The summed E-state index contributed by atoms with van der Waals surface area (Å²) < 4.78 is 0. The first-order chi connectivity index (χ1) is 8.18. The van der Waals surface area contributed by atoms with E-state index in [-0.39, 0.29) is 10.6 Å². The van der Waals surface area contributed by atoms with E-state index in [1.54, 1.807) is 30.4 Å². The van der Waals surface area contributed by atoms with Crippen LogP contribution in [0.25, 0.3) is 5.57 Å². The normalized spacial score (nSPS) is 14.9. The van der Waals surface area contributed by atoms with Gasteiger partial charge in [0.1, 0.15) is 0 Å². The molecule has 1 aromatic carbocycles. The van der Waals surface area contributed by atoms with Crippen LogP contribution in [-0.4, -0.2) is 4.92 Å². The molecular formula is C13H10ClNO2. The fourth-order valence-electron chi connectivity index (χ4n) is 1.71. The quantitative estimate of drug-likeness (QED) is 0.584. The van der Waals surface area contributed by atoms with E-state index in [4.69, 9.17) is 11.6 Å². The molecule has 1 aliphatic carbocycles. The molecule has 0 N–H and O–H groups in total. The predicted octanol–water partition coefficient (Wildman–Crippen LogP) is 4.06. The third-order valence-corrected chi connectivity index (χ3v) is 2.76. The minimum absolute atomic E-state index is 0.124. The van der Waals surface area contributed by atoms with Gasteiger partial charge in [-0.05, 0) is 30.2 Å². The van der Waals surface area contributed by atoms with Crippen LogP contribution in [0.4, 0.5) is 5.69 Å². The lowest BCUT2D eigenvalue weighted by Gasteiger charge is -2.04. The van der Waals surface area contributed by atoms with Crippen molar-refractivity contribution in [3.8, 4) is 0 Å². The molecule has 0 atom stereocenters. The number of nitro benzene ring substituents is 1. The Labute approximate surface area is 104 Å². The van der Waals surface area contributed by atoms with Crippen molar-refractivity contribution in [2.24, 2.45) is 0 Å². The van der Waals surface area contributed by atoms with Crippen LogP contribution in [0, 0.1) is 10.1 Å². The monoisotopic (exact) mass is 247 g/mol. The number of rotatable bonds is 2. The number of nitrogens with zero attached hydrogens (tertiary/aromatic N) is 1. The van der Waals surface area contributed by atoms with Crippen LogP contribution in [0.15, 0.2) is 53.6 Å². The zero-order valence-electron chi connectivity index (χ0n) is 8.97. The first-order valence-electron chi connectivity index (χ1n) is 5.15. The van der Waals surface area contributed by atoms with Crippen LogP contribution in [0.2, 0.25) is 0 Å². The molecule has 0 heterocycles. The molecule has 86 valence electrons. The fourth-order valence-corrected chi connectivity index (χ4v) is 1.86. The van der Waals surface area contributed by atoms with Gasteiger partial charge in [-0.25, -0.2) is 0 Å². The Morgan fingerprint density at radius 1 is 1.24 bits per heavy atom. The van der Waals surface area contributed by atoms with Gasteiger partial charge in [0.25, 0.3) is 5.69 Å². The molecule has 3 nitrogen and oxygen atoms in total. The van der Waals surface area contributed by atoms with Crippen molar-refractivity contribution < 1.29 is 4.92 Å². The standard InChI is InChI=1S/C13H10ClNO2/c14-11-5-3-4-10(8-9-11)12-6-1-2-7-13(12)15(16)17/h1-3,5-9H,4H2. The van der Waals surface area contributed by atoms with Gasteiger partial charge >= 0.3 is 0 Å². The molecule has 0 aliphatic heterocycles. The minimum atomic E-state index is -0.365. The highest BCUT2D eigenvalue weighted by atomic mass is 35.5. The molecule has 0 unspecified atom stereocenters. The average Bonchev–Trinajstić information content (AvgIpc) is 2.54. The number of allylic oxidation sites excluding steroid dienone is 6. The Morgan fingerprint density at radius 2 is 2.00 bits per heavy atom. The first-order valence-corrected chi connectivity index (χ1v) is 5.53. The highest BCUT2D eigenvalue weighted by Crippen LogP contribution is 2.29. The van der Waals surface area contributed by atoms with Crippen molar-refractivity contribution in [2.75, 3.05) is 0 Å². The molecule has 1 aliphatic rings. The van der Waals surface area contributed by atoms with Crippen molar-refractivity contribution >= 4 is 22.9 Å². The molecule has 0 aromatic heterocycles. The van der Waals surface area contributed by atoms with Gasteiger partial charge in [0.2, 0.25) is 0 Å². The van der Waals surface area contributed by atoms with E-state index in [2.05, 4.69) is 0 Å². The Balaban J connectivity index is 2.48. The summed E-state index contributed by atoms with van der Waals surface area (Å²) in [5.41, 5.74) is 1.66. The van der Waals surface area contributed by atoms with Crippen molar-refractivity contribution in [1.29, 1.82) is 0 Å². The van der Waals surface area contributed by atoms with Gasteiger partial charge in [-0.2, -0.15) is 0 Å². The largest absolute Gasteiger partial charge is 0.276 e. The summed E-state index contributed by atoms with van der Waals surface area (Å²) in [5, 5.41) is 11.6. The average molecular weight is 248 g/mol. The highest BCUT2D eigenvalue weighted by Gasteiger charge is 2.15. The molecule has 17 heavy (non-hydrogen) atoms. The second-order valence-electron chi connectivity index (χ2n) is 3.62. The van der Waals surface area contributed by atoms with Crippen LogP contribution in [0.1, 0.15) is 12.0 Å². The molecule has 0 fully saturated rings. The predicted molar refractivity (Wildman–Crippen MR) is 68.8 cm³/mol. The molecule has 2 rings (SSSR count). The number of hydrogen-bond acceptors (Lipinski definition) is 2. The van der Waals surface area contributed by atoms with Crippen LogP contribution >= 0.6 is 11.6 Å². The minimum Gasteiger partial charge on any atom is -0.258 e. The lowest BCUT2D eigenvalue weighted by molar-refractivity contribution is -0.385. The van der Waals surface area contributed by atoms with Gasteiger partial charge < -0.3 is 0 Å². The molecule has 1 aromatic rings. The first kappa shape index (κ1) is 11.6. The Hall–Kier alpha value is -1.87. The van der Waals surface area contributed by atoms with Crippen molar-refractivity contribution in [2.45, 2.75) is 6.42 Å². The van der Waals surface area contributed by atoms with Crippen molar-refractivity contribution in [3.05, 3.63) is 69.3 Å². The van der Waals surface area contributed by atoms with E-state index in [1.165, 1.54) is 6.07 Å².